The Morgan fingerprint density at radius 3 is 2.62 bits per heavy atom. The lowest BCUT2D eigenvalue weighted by atomic mass is 10.2. The van der Waals surface area contributed by atoms with Crippen LogP contribution in [-0.2, 0) is 5.11 Å². The van der Waals surface area contributed by atoms with Gasteiger partial charge in [0, 0.05) is 0 Å². The Bertz CT molecular complexity index is 428. The second kappa shape index (κ2) is 3.06. The highest BCUT2D eigenvalue weighted by atomic mass is 35.5. The standard InChI is InChI=1S/C8H4ClN2O2/c9-6-4-2-1-3-5(6)7-10-11-8(12)13-7/h1-4H. The van der Waals surface area contributed by atoms with Crippen LogP contribution in [-0.4, -0.2) is 10.2 Å². The first-order chi connectivity index (χ1) is 6.27. The molecule has 0 atom stereocenters. The molecule has 1 heterocycles. The maximum absolute atomic E-state index is 10.6. The van der Waals surface area contributed by atoms with Crippen LogP contribution in [0.4, 0.5) is 0 Å². The van der Waals surface area contributed by atoms with Gasteiger partial charge in [0.2, 0.25) is 0 Å². The summed E-state index contributed by atoms with van der Waals surface area (Å²) in [6.45, 7) is 0. The van der Waals surface area contributed by atoms with E-state index in [1.165, 1.54) is 0 Å². The van der Waals surface area contributed by atoms with E-state index >= 15 is 0 Å². The van der Waals surface area contributed by atoms with Crippen molar-refractivity contribution in [2.75, 3.05) is 0 Å². The molecule has 0 spiro atoms. The third-order valence-electron chi connectivity index (χ3n) is 1.51. The van der Waals surface area contributed by atoms with Crippen molar-refractivity contribution in [2.24, 2.45) is 0 Å². The van der Waals surface area contributed by atoms with E-state index in [0.29, 0.717) is 10.6 Å². The quantitative estimate of drug-likeness (QED) is 0.703. The summed E-state index contributed by atoms with van der Waals surface area (Å²) >= 11 is 5.84. The van der Waals surface area contributed by atoms with Crippen LogP contribution in [0.25, 0.3) is 11.5 Å². The van der Waals surface area contributed by atoms with E-state index in [-0.39, 0.29) is 5.89 Å². The molecule has 1 aromatic carbocycles. The van der Waals surface area contributed by atoms with Crippen molar-refractivity contribution in [3.8, 4) is 17.5 Å². The van der Waals surface area contributed by atoms with Gasteiger partial charge in [0.15, 0.2) is 0 Å². The molecule has 0 bridgehead atoms. The van der Waals surface area contributed by atoms with Gasteiger partial charge >= 0.3 is 6.08 Å². The van der Waals surface area contributed by atoms with Gasteiger partial charge in [-0.05, 0) is 12.1 Å². The highest BCUT2D eigenvalue weighted by Crippen LogP contribution is 2.27. The van der Waals surface area contributed by atoms with Crippen molar-refractivity contribution in [3.05, 3.63) is 29.3 Å². The summed E-state index contributed by atoms with van der Waals surface area (Å²) in [6.07, 6.45) is -0.713. The van der Waals surface area contributed by atoms with Crippen LogP contribution in [0, 0.1) is 0 Å². The first-order valence-corrected chi connectivity index (χ1v) is 3.90. The average Bonchev–Trinajstić information content (AvgIpc) is 2.53. The fourth-order valence-electron chi connectivity index (χ4n) is 0.953. The lowest BCUT2D eigenvalue weighted by Gasteiger charge is -1.95. The van der Waals surface area contributed by atoms with Crippen LogP contribution in [0.2, 0.25) is 5.02 Å². The third kappa shape index (κ3) is 1.48. The van der Waals surface area contributed by atoms with Gasteiger partial charge in [0.1, 0.15) is 0 Å². The van der Waals surface area contributed by atoms with Gasteiger partial charge in [-0.15, -0.1) is 5.10 Å². The molecule has 65 valence electrons. The molecule has 0 amide bonds. The predicted octanol–water partition coefficient (Wildman–Crippen LogP) is 2.53. The molecular weight excluding hydrogens is 192 g/mol. The van der Waals surface area contributed by atoms with Gasteiger partial charge in [-0.1, -0.05) is 28.8 Å². The van der Waals surface area contributed by atoms with Crippen LogP contribution < -0.4 is 0 Å². The summed E-state index contributed by atoms with van der Waals surface area (Å²) < 4.78 is 4.69. The van der Waals surface area contributed by atoms with Crippen molar-refractivity contribution < 1.29 is 9.52 Å². The molecule has 0 saturated carbocycles. The van der Waals surface area contributed by atoms with Gasteiger partial charge in [-0.2, -0.15) is 0 Å². The highest BCUT2D eigenvalue weighted by Gasteiger charge is 2.10. The van der Waals surface area contributed by atoms with Crippen molar-refractivity contribution in [1.82, 2.24) is 10.2 Å². The Balaban J connectivity index is 2.52. The molecule has 0 aliphatic carbocycles. The normalized spacial score (nSPS) is 10.2. The smallest absolute Gasteiger partial charge is 0.386 e. The van der Waals surface area contributed by atoms with Gasteiger partial charge < -0.3 is 4.42 Å². The number of nitrogens with zero attached hydrogens (tertiary/aromatic N) is 2. The summed E-state index contributed by atoms with van der Waals surface area (Å²) in [5, 5.41) is 17.8. The molecule has 0 saturated heterocycles. The van der Waals surface area contributed by atoms with E-state index < -0.39 is 6.08 Å². The van der Waals surface area contributed by atoms with Crippen LogP contribution in [0.15, 0.2) is 28.7 Å². The molecule has 0 N–H and O–H groups in total. The second-order valence-corrected chi connectivity index (χ2v) is 2.76. The van der Waals surface area contributed by atoms with Crippen molar-refractivity contribution in [2.45, 2.75) is 0 Å². The second-order valence-electron chi connectivity index (χ2n) is 2.35. The van der Waals surface area contributed by atoms with E-state index in [0.717, 1.165) is 0 Å². The minimum Gasteiger partial charge on any atom is -0.386 e. The van der Waals surface area contributed by atoms with E-state index in [4.69, 9.17) is 11.6 Å². The highest BCUT2D eigenvalue weighted by molar-refractivity contribution is 6.33. The number of aromatic nitrogens is 2. The number of halogens is 1. The van der Waals surface area contributed by atoms with Crippen LogP contribution >= 0.6 is 11.6 Å². The fraction of sp³-hybridized carbons (Fsp3) is 0. The van der Waals surface area contributed by atoms with Crippen LogP contribution in [0.5, 0.6) is 6.08 Å². The number of hydrogen-bond acceptors (Lipinski definition) is 3. The predicted molar refractivity (Wildman–Crippen MR) is 44.9 cm³/mol. The van der Waals surface area contributed by atoms with Gasteiger partial charge in [-0.3, -0.25) is 0 Å². The average molecular weight is 196 g/mol. The Hall–Kier alpha value is -1.55. The zero-order valence-electron chi connectivity index (χ0n) is 6.40. The molecular formula is C8H4ClN2O2. The molecule has 0 unspecified atom stereocenters. The molecule has 13 heavy (non-hydrogen) atoms. The maximum Gasteiger partial charge on any atom is 0.459 e. The van der Waals surface area contributed by atoms with Gasteiger partial charge in [0.05, 0.1) is 10.6 Å². The zero-order chi connectivity index (χ0) is 9.26. The summed E-state index contributed by atoms with van der Waals surface area (Å²) in [5.41, 5.74) is 0.568. The van der Waals surface area contributed by atoms with Crippen molar-refractivity contribution in [1.29, 1.82) is 0 Å². The minimum atomic E-state index is -0.713. The first kappa shape index (κ1) is 8.07. The van der Waals surface area contributed by atoms with E-state index in [9.17, 15) is 5.11 Å². The maximum atomic E-state index is 10.6. The summed E-state index contributed by atoms with van der Waals surface area (Å²) in [7, 11) is 0. The monoisotopic (exact) mass is 195 g/mol. The Morgan fingerprint density at radius 1 is 1.23 bits per heavy atom. The summed E-state index contributed by atoms with van der Waals surface area (Å²) in [6, 6.07) is 6.94. The largest absolute Gasteiger partial charge is 0.459 e. The third-order valence-corrected chi connectivity index (χ3v) is 1.84. The van der Waals surface area contributed by atoms with E-state index in [1.807, 2.05) is 0 Å². The Kier molecular flexibility index (Phi) is 1.90. The zero-order valence-corrected chi connectivity index (χ0v) is 7.15. The van der Waals surface area contributed by atoms with Crippen molar-refractivity contribution >= 4 is 11.6 Å². The number of rotatable bonds is 1. The SMILES string of the molecule is [O]c1nnc(-c2ccccc2Cl)o1. The van der Waals surface area contributed by atoms with E-state index in [2.05, 4.69) is 14.6 Å². The van der Waals surface area contributed by atoms with Gasteiger partial charge in [-0.25, -0.2) is 5.11 Å². The topological polar surface area (TPSA) is 58.8 Å². The minimum absolute atomic E-state index is 0.149. The molecule has 2 aromatic rings. The first-order valence-electron chi connectivity index (χ1n) is 3.53. The lowest BCUT2D eigenvalue weighted by molar-refractivity contribution is 0.239. The molecule has 5 heteroatoms. The Morgan fingerprint density at radius 2 is 2.00 bits per heavy atom. The van der Waals surface area contributed by atoms with Crippen LogP contribution in [0.1, 0.15) is 0 Å². The molecule has 0 fully saturated rings. The van der Waals surface area contributed by atoms with Crippen molar-refractivity contribution in [3.63, 3.8) is 0 Å². The molecule has 0 aliphatic heterocycles. The molecule has 1 radical (unpaired) electrons. The number of hydrogen-bond donors (Lipinski definition) is 0. The lowest BCUT2D eigenvalue weighted by Crippen LogP contribution is -1.78. The summed E-state index contributed by atoms with van der Waals surface area (Å²) in [4.78, 5) is 0. The van der Waals surface area contributed by atoms with E-state index in [1.54, 1.807) is 24.3 Å². The summed E-state index contributed by atoms with van der Waals surface area (Å²) in [5.74, 6) is 0.149. The van der Waals surface area contributed by atoms with Gasteiger partial charge in [0.25, 0.3) is 5.89 Å². The fourth-order valence-corrected chi connectivity index (χ4v) is 1.17. The number of benzene rings is 1. The van der Waals surface area contributed by atoms with Crippen LogP contribution in [0.3, 0.4) is 0 Å². The molecule has 2 rings (SSSR count). The molecule has 4 nitrogen and oxygen atoms in total. The molecule has 1 aromatic heterocycles. The molecule has 0 aliphatic rings. The Labute approximate surface area is 78.8 Å².